The number of rotatable bonds is 2. The minimum Gasteiger partial charge on any atom is -0.491 e. The molecule has 1 aliphatic heterocycles. The average molecular weight is 241 g/mol. The zero-order valence-corrected chi connectivity index (χ0v) is 9.79. The van der Waals surface area contributed by atoms with E-state index < -0.39 is 0 Å². The van der Waals surface area contributed by atoms with Gasteiger partial charge in [0.25, 0.3) is 0 Å². The highest BCUT2D eigenvalue weighted by Gasteiger charge is 2.27. The van der Waals surface area contributed by atoms with Gasteiger partial charge in [0.1, 0.15) is 12.4 Å². The number of hydrogen-bond acceptors (Lipinski definition) is 3. The van der Waals surface area contributed by atoms with Crippen LogP contribution in [0.4, 0.5) is 0 Å². The summed E-state index contributed by atoms with van der Waals surface area (Å²) in [6, 6.07) is 5.57. The molecular weight excluding hydrogens is 228 g/mol. The lowest BCUT2D eigenvalue weighted by atomic mass is 9.97. The van der Waals surface area contributed by atoms with Crippen LogP contribution in [0.25, 0.3) is 0 Å². The number of benzene rings is 1. The van der Waals surface area contributed by atoms with Crippen molar-refractivity contribution in [3.63, 3.8) is 0 Å². The Morgan fingerprint density at radius 1 is 1.62 bits per heavy atom. The second kappa shape index (κ2) is 4.74. The van der Waals surface area contributed by atoms with Crippen molar-refractivity contribution >= 4 is 17.6 Å². The summed E-state index contributed by atoms with van der Waals surface area (Å²) >= 11 is 5.99. The van der Waals surface area contributed by atoms with Gasteiger partial charge in [-0.2, -0.15) is 0 Å². The molecule has 0 radical (unpaired) electrons. The molecule has 1 aromatic carbocycles. The quantitative estimate of drug-likeness (QED) is 0.745. The van der Waals surface area contributed by atoms with E-state index in [-0.39, 0.29) is 11.9 Å². The predicted octanol–water partition coefficient (Wildman–Crippen LogP) is 2.45. The molecule has 0 bridgehead atoms. The molecule has 1 atom stereocenters. The first-order valence-corrected chi connectivity index (χ1v) is 5.67. The Bertz CT molecular complexity index is 403. The zero-order valence-electron chi connectivity index (χ0n) is 9.03. The highest BCUT2D eigenvalue weighted by atomic mass is 35.5. The number of carbonyl (C=O) groups excluding carboxylic acids is 1. The minimum atomic E-state index is -0.217. The van der Waals surface area contributed by atoms with Gasteiger partial charge in [0.15, 0.2) is 0 Å². The maximum absolute atomic E-state index is 11.6. The first-order chi connectivity index (χ1) is 7.72. The molecule has 1 unspecified atom stereocenters. The van der Waals surface area contributed by atoms with Crippen LogP contribution in [0.1, 0.15) is 12.5 Å². The number of carbonyl (C=O) groups is 1. The molecule has 0 saturated heterocycles. The molecule has 1 aliphatic rings. The maximum Gasteiger partial charge on any atom is 0.312 e. The van der Waals surface area contributed by atoms with E-state index in [0.717, 1.165) is 5.56 Å². The molecular formula is C12H13ClO3. The number of hydrogen-bond donors (Lipinski definition) is 0. The van der Waals surface area contributed by atoms with Crippen LogP contribution in [-0.2, 0) is 16.0 Å². The summed E-state index contributed by atoms with van der Waals surface area (Å²) in [5, 5.41) is 0.597. The minimum absolute atomic E-state index is 0.201. The van der Waals surface area contributed by atoms with Gasteiger partial charge in [-0.3, -0.25) is 4.79 Å². The summed E-state index contributed by atoms with van der Waals surface area (Å²) in [7, 11) is 0. The van der Waals surface area contributed by atoms with Crippen molar-refractivity contribution in [1.29, 1.82) is 0 Å². The van der Waals surface area contributed by atoms with Crippen LogP contribution in [0.3, 0.4) is 0 Å². The molecule has 0 saturated carbocycles. The Morgan fingerprint density at radius 2 is 2.44 bits per heavy atom. The normalized spacial score (nSPS) is 18.5. The van der Waals surface area contributed by atoms with Crippen LogP contribution < -0.4 is 4.74 Å². The number of halogens is 1. The highest BCUT2D eigenvalue weighted by molar-refractivity contribution is 6.32. The molecule has 16 heavy (non-hydrogen) atoms. The molecule has 0 amide bonds. The lowest BCUT2D eigenvalue weighted by Gasteiger charge is -2.24. The first-order valence-electron chi connectivity index (χ1n) is 5.29. The van der Waals surface area contributed by atoms with Gasteiger partial charge in [-0.15, -0.1) is 0 Å². The summed E-state index contributed by atoms with van der Waals surface area (Å²) in [5.74, 6) is 0.281. The maximum atomic E-state index is 11.6. The van der Waals surface area contributed by atoms with E-state index in [1.54, 1.807) is 13.0 Å². The van der Waals surface area contributed by atoms with Crippen LogP contribution >= 0.6 is 11.6 Å². The molecule has 0 aromatic heterocycles. The third-order valence-electron chi connectivity index (χ3n) is 2.56. The van der Waals surface area contributed by atoms with Crippen LogP contribution in [0.2, 0.25) is 5.02 Å². The Balaban J connectivity index is 2.15. The van der Waals surface area contributed by atoms with E-state index in [2.05, 4.69) is 0 Å². The van der Waals surface area contributed by atoms with Gasteiger partial charge in [-0.1, -0.05) is 23.7 Å². The number of para-hydroxylation sites is 1. The van der Waals surface area contributed by atoms with Crippen molar-refractivity contribution in [3.05, 3.63) is 28.8 Å². The molecule has 4 heteroatoms. The molecule has 1 aromatic rings. The number of fused-ring (bicyclic) bond motifs is 1. The fourth-order valence-corrected chi connectivity index (χ4v) is 2.04. The summed E-state index contributed by atoms with van der Waals surface area (Å²) in [6.07, 6.45) is 0.634. The van der Waals surface area contributed by atoms with E-state index in [4.69, 9.17) is 21.1 Å². The van der Waals surface area contributed by atoms with Crippen LogP contribution in [0.5, 0.6) is 5.75 Å². The van der Waals surface area contributed by atoms with Gasteiger partial charge in [-0.25, -0.2) is 0 Å². The monoisotopic (exact) mass is 240 g/mol. The van der Waals surface area contributed by atoms with Gasteiger partial charge in [-0.05, 0) is 25.0 Å². The standard InChI is InChI=1S/C12H13ClO3/c1-2-15-12(14)9-6-8-4-3-5-10(13)11(8)16-7-9/h3-5,9H,2,6-7H2,1H3. The molecule has 0 aliphatic carbocycles. The van der Waals surface area contributed by atoms with Crippen LogP contribution in [0.15, 0.2) is 18.2 Å². The van der Waals surface area contributed by atoms with E-state index in [1.807, 2.05) is 12.1 Å². The second-order valence-corrected chi connectivity index (χ2v) is 4.10. The number of esters is 1. The summed E-state index contributed by atoms with van der Waals surface area (Å²) < 4.78 is 10.5. The van der Waals surface area contributed by atoms with Crippen LogP contribution in [-0.4, -0.2) is 19.2 Å². The Labute approximate surface area is 99.3 Å². The average Bonchev–Trinajstić information content (AvgIpc) is 2.29. The lowest BCUT2D eigenvalue weighted by Crippen LogP contribution is -2.29. The fraction of sp³-hybridized carbons (Fsp3) is 0.417. The summed E-state index contributed by atoms with van der Waals surface area (Å²) in [5.41, 5.74) is 0.969. The number of ether oxygens (including phenoxy) is 2. The van der Waals surface area contributed by atoms with Crippen LogP contribution in [0, 0.1) is 5.92 Å². The first kappa shape index (κ1) is 11.3. The van der Waals surface area contributed by atoms with E-state index >= 15 is 0 Å². The predicted molar refractivity (Wildman–Crippen MR) is 60.8 cm³/mol. The molecule has 0 spiro atoms. The lowest BCUT2D eigenvalue weighted by molar-refractivity contribution is -0.149. The third kappa shape index (κ3) is 2.14. The molecule has 2 rings (SSSR count). The Kier molecular flexibility index (Phi) is 3.34. The molecule has 3 nitrogen and oxygen atoms in total. The molecule has 1 heterocycles. The summed E-state index contributed by atoms with van der Waals surface area (Å²) in [6.45, 7) is 2.54. The van der Waals surface area contributed by atoms with Gasteiger partial charge >= 0.3 is 5.97 Å². The van der Waals surface area contributed by atoms with Crippen molar-refractivity contribution in [2.45, 2.75) is 13.3 Å². The third-order valence-corrected chi connectivity index (χ3v) is 2.86. The van der Waals surface area contributed by atoms with Crippen molar-refractivity contribution in [2.75, 3.05) is 13.2 Å². The highest BCUT2D eigenvalue weighted by Crippen LogP contribution is 2.34. The van der Waals surface area contributed by atoms with Crippen molar-refractivity contribution < 1.29 is 14.3 Å². The smallest absolute Gasteiger partial charge is 0.312 e. The Hall–Kier alpha value is -1.22. The summed E-state index contributed by atoms with van der Waals surface area (Å²) in [4.78, 5) is 11.6. The molecule has 0 fully saturated rings. The van der Waals surface area contributed by atoms with Gasteiger partial charge in [0, 0.05) is 0 Å². The molecule has 86 valence electrons. The topological polar surface area (TPSA) is 35.5 Å². The SMILES string of the molecule is CCOC(=O)C1COc2c(Cl)cccc2C1. The fourth-order valence-electron chi connectivity index (χ4n) is 1.80. The molecule has 0 N–H and O–H groups in total. The largest absolute Gasteiger partial charge is 0.491 e. The van der Waals surface area contributed by atoms with Crippen molar-refractivity contribution in [3.8, 4) is 5.75 Å². The van der Waals surface area contributed by atoms with Gasteiger partial charge < -0.3 is 9.47 Å². The van der Waals surface area contributed by atoms with Gasteiger partial charge in [0.2, 0.25) is 0 Å². The van der Waals surface area contributed by atoms with Crippen molar-refractivity contribution in [2.24, 2.45) is 5.92 Å². The van der Waals surface area contributed by atoms with E-state index in [9.17, 15) is 4.79 Å². The van der Waals surface area contributed by atoms with Gasteiger partial charge in [0.05, 0.1) is 17.5 Å². The second-order valence-electron chi connectivity index (χ2n) is 3.69. The van der Waals surface area contributed by atoms with E-state index in [0.29, 0.717) is 30.4 Å². The zero-order chi connectivity index (χ0) is 11.5. The Morgan fingerprint density at radius 3 is 3.19 bits per heavy atom. The van der Waals surface area contributed by atoms with Crippen molar-refractivity contribution in [1.82, 2.24) is 0 Å². The van der Waals surface area contributed by atoms with E-state index in [1.165, 1.54) is 0 Å².